The number of sulfonamides is 1. The van der Waals surface area contributed by atoms with Crippen molar-refractivity contribution < 1.29 is 22.1 Å². The van der Waals surface area contributed by atoms with Gasteiger partial charge in [-0.25, -0.2) is 12.8 Å². The SMILES string of the molecule is C#CCN(CC(=O)N1CCN(S(=O)(=O)c2c(C)noc2C)CC1)Cc1ccc(F)cc1. The summed E-state index contributed by atoms with van der Waals surface area (Å²) in [5, 5.41) is 3.72. The standard InChI is InChI=1S/C21H25FN4O4S/c1-4-9-24(14-18-5-7-19(22)8-6-18)15-20(27)25-10-12-26(13-11-25)31(28,29)21-16(2)23-30-17(21)3/h1,5-8H,9-15H2,2-3H3. The van der Waals surface area contributed by atoms with E-state index in [0.29, 0.717) is 12.2 Å². The Morgan fingerprint density at radius 1 is 1.23 bits per heavy atom. The molecule has 0 atom stereocenters. The first-order valence-electron chi connectivity index (χ1n) is 9.83. The van der Waals surface area contributed by atoms with E-state index >= 15 is 0 Å². The zero-order chi connectivity index (χ0) is 22.6. The summed E-state index contributed by atoms with van der Waals surface area (Å²) in [6.45, 7) is 4.86. The maximum Gasteiger partial charge on any atom is 0.248 e. The number of rotatable bonds is 7. The molecule has 1 amide bonds. The number of hydrogen-bond acceptors (Lipinski definition) is 6. The number of carbonyl (C=O) groups is 1. The molecule has 8 nitrogen and oxygen atoms in total. The number of hydrogen-bond donors (Lipinski definition) is 0. The normalized spacial score (nSPS) is 15.3. The van der Waals surface area contributed by atoms with Crippen LogP contribution >= 0.6 is 0 Å². The molecule has 0 N–H and O–H groups in total. The Morgan fingerprint density at radius 2 is 1.87 bits per heavy atom. The highest BCUT2D eigenvalue weighted by Gasteiger charge is 2.34. The largest absolute Gasteiger partial charge is 0.360 e. The number of amides is 1. The van der Waals surface area contributed by atoms with E-state index in [0.717, 1.165) is 5.56 Å². The molecule has 1 aliphatic rings. The number of aromatic nitrogens is 1. The molecule has 0 unspecified atom stereocenters. The molecular weight excluding hydrogens is 423 g/mol. The van der Waals surface area contributed by atoms with Gasteiger partial charge in [-0.3, -0.25) is 9.69 Å². The molecule has 0 aliphatic carbocycles. The molecule has 1 saturated heterocycles. The Bertz CT molecular complexity index is 1050. The summed E-state index contributed by atoms with van der Waals surface area (Å²) in [6.07, 6.45) is 5.44. The Hall–Kier alpha value is -2.74. The summed E-state index contributed by atoms with van der Waals surface area (Å²) < 4.78 is 45.3. The zero-order valence-corrected chi connectivity index (χ0v) is 18.4. The molecule has 1 fully saturated rings. The minimum absolute atomic E-state index is 0.0896. The van der Waals surface area contributed by atoms with Gasteiger partial charge in [0.15, 0.2) is 5.76 Å². The van der Waals surface area contributed by atoms with Gasteiger partial charge in [-0.2, -0.15) is 4.31 Å². The molecule has 3 rings (SSSR count). The topological polar surface area (TPSA) is 87.0 Å². The summed E-state index contributed by atoms with van der Waals surface area (Å²) in [4.78, 5) is 16.3. The van der Waals surface area contributed by atoms with E-state index in [1.165, 1.54) is 16.4 Å². The van der Waals surface area contributed by atoms with Gasteiger partial charge in [-0.15, -0.1) is 6.42 Å². The Kier molecular flexibility index (Phi) is 7.10. The van der Waals surface area contributed by atoms with E-state index in [2.05, 4.69) is 11.1 Å². The lowest BCUT2D eigenvalue weighted by Gasteiger charge is -2.35. The third-order valence-corrected chi connectivity index (χ3v) is 7.29. The first-order chi connectivity index (χ1) is 14.7. The maximum absolute atomic E-state index is 13.1. The van der Waals surface area contributed by atoms with Crippen LogP contribution in [0.3, 0.4) is 0 Å². The Labute approximate surface area is 181 Å². The van der Waals surface area contributed by atoms with Crippen LogP contribution in [0.25, 0.3) is 0 Å². The third kappa shape index (κ3) is 5.31. The molecule has 0 saturated carbocycles. The van der Waals surface area contributed by atoms with E-state index in [4.69, 9.17) is 10.9 Å². The highest BCUT2D eigenvalue weighted by molar-refractivity contribution is 7.89. The van der Waals surface area contributed by atoms with Crippen LogP contribution in [0.15, 0.2) is 33.7 Å². The predicted octanol–water partition coefficient (Wildman–Crippen LogP) is 1.40. The molecule has 31 heavy (non-hydrogen) atoms. The van der Waals surface area contributed by atoms with Crippen molar-refractivity contribution in [2.75, 3.05) is 39.3 Å². The van der Waals surface area contributed by atoms with Gasteiger partial charge in [0.25, 0.3) is 0 Å². The first-order valence-corrected chi connectivity index (χ1v) is 11.3. The first kappa shape index (κ1) is 22.9. The lowest BCUT2D eigenvalue weighted by atomic mass is 10.2. The fourth-order valence-electron chi connectivity index (χ4n) is 3.59. The predicted molar refractivity (Wildman–Crippen MR) is 112 cm³/mol. The number of aryl methyl sites for hydroxylation is 2. The van der Waals surface area contributed by atoms with Gasteiger partial charge >= 0.3 is 0 Å². The van der Waals surface area contributed by atoms with Gasteiger partial charge in [0.05, 0.1) is 13.1 Å². The van der Waals surface area contributed by atoms with Crippen LogP contribution in [-0.2, 0) is 21.4 Å². The lowest BCUT2D eigenvalue weighted by molar-refractivity contribution is -0.133. The van der Waals surface area contributed by atoms with Crippen molar-refractivity contribution >= 4 is 15.9 Å². The van der Waals surface area contributed by atoms with E-state index in [1.807, 2.05) is 0 Å². The van der Waals surface area contributed by atoms with Crippen LogP contribution in [0.2, 0.25) is 0 Å². The third-order valence-electron chi connectivity index (χ3n) is 5.15. The molecule has 10 heteroatoms. The monoisotopic (exact) mass is 448 g/mol. The summed E-state index contributed by atoms with van der Waals surface area (Å²) in [5.41, 5.74) is 1.17. The van der Waals surface area contributed by atoms with Crippen molar-refractivity contribution in [3.63, 3.8) is 0 Å². The summed E-state index contributed by atoms with van der Waals surface area (Å²) in [5.74, 6) is 2.33. The summed E-state index contributed by atoms with van der Waals surface area (Å²) in [7, 11) is -3.73. The minimum atomic E-state index is -3.73. The van der Waals surface area contributed by atoms with Crippen molar-refractivity contribution in [1.82, 2.24) is 19.3 Å². The number of piperazine rings is 1. The second-order valence-electron chi connectivity index (χ2n) is 7.41. The van der Waals surface area contributed by atoms with Crippen LogP contribution in [0, 0.1) is 32.0 Å². The van der Waals surface area contributed by atoms with Crippen molar-refractivity contribution in [2.24, 2.45) is 0 Å². The smallest absolute Gasteiger partial charge is 0.248 e. The molecular formula is C21H25FN4O4S. The number of halogens is 1. The quantitative estimate of drug-likeness (QED) is 0.595. The van der Waals surface area contributed by atoms with Crippen LogP contribution in [-0.4, -0.2) is 72.9 Å². The van der Waals surface area contributed by atoms with Crippen molar-refractivity contribution in [1.29, 1.82) is 0 Å². The second kappa shape index (κ2) is 9.60. The highest BCUT2D eigenvalue weighted by Crippen LogP contribution is 2.24. The number of carbonyl (C=O) groups excluding carboxylic acids is 1. The molecule has 1 aliphatic heterocycles. The molecule has 166 valence electrons. The average molecular weight is 449 g/mol. The van der Waals surface area contributed by atoms with Gasteiger partial charge < -0.3 is 9.42 Å². The molecule has 0 bridgehead atoms. The van der Waals surface area contributed by atoms with Gasteiger partial charge in [0, 0.05) is 32.7 Å². The lowest BCUT2D eigenvalue weighted by Crippen LogP contribution is -2.52. The van der Waals surface area contributed by atoms with Crippen LogP contribution in [0.5, 0.6) is 0 Å². The van der Waals surface area contributed by atoms with E-state index in [-0.39, 0.29) is 61.6 Å². The van der Waals surface area contributed by atoms with E-state index < -0.39 is 10.0 Å². The highest BCUT2D eigenvalue weighted by atomic mass is 32.2. The van der Waals surface area contributed by atoms with Crippen molar-refractivity contribution in [3.05, 3.63) is 47.1 Å². The summed E-state index contributed by atoms with van der Waals surface area (Å²) in [6, 6.07) is 6.04. The number of nitrogens with zero attached hydrogens (tertiary/aromatic N) is 4. The van der Waals surface area contributed by atoms with Gasteiger partial charge in [0.1, 0.15) is 16.4 Å². The van der Waals surface area contributed by atoms with Crippen molar-refractivity contribution in [2.45, 2.75) is 25.3 Å². The molecule has 0 radical (unpaired) electrons. The number of terminal acetylenes is 1. The van der Waals surface area contributed by atoms with Gasteiger partial charge in [0.2, 0.25) is 15.9 Å². The van der Waals surface area contributed by atoms with E-state index in [9.17, 15) is 17.6 Å². The number of benzene rings is 1. The zero-order valence-electron chi connectivity index (χ0n) is 17.5. The van der Waals surface area contributed by atoms with Gasteiger partial charge in [-0.1, -0.05) is 23.2 Å². The fraction of sp³-hybridized carbons (Fsp3) is 0.429. The Morgan fingerprint density at radius 3 is 2.42 bits per heavy atom. The Balaban J connectivity index is 1.60. The molecule has 1 aromatic heterocycles. The van der Waals surface area contributed by atoms with Crippen LogP contribution < -0.4 is 0 Å². The van der Waals surface area contributed by atoms with Crippen molar-refractivity contribution in [3.8, 4) is 12.3 Å². The maximum atomic E-state index is 13.1. The molecule has 0 spiro atoms. The average Bonchev–Trinajstić information content (AvgIpc) is 3.08. The molecule has 1 aromatic carbocycles. The fourth-order valence-corrected chi connectivity index (χ4v) is 5.30. The van der Waals surface area contributed by atoms with E-state index in [1.54, 1.807) is 35.8 Å². The molecule has 2 aromatic rings. The van der Waals surface area contributed by atoms with Crippen LogP contribution in [0.4, 0.5) is 4.39 Å². The summed E-state index contributed by atoms with van der Waals surface area (Å²) >= 11 is 0. The van der Waals surface area contributed by atoms with Crippen LogP contribution in [0.1, 0.15) is 17.0 Å². The second-order valence-corrected chi connectivity index (χ2v) is 9.29. The molecule has 2 heterocycles. The van der Waals surface area contributed by atoms with Gasteiger partial charge in [-0.05, 0) is 31.5 Å². The minimum Gasteiger partial charge on any atom is -0.360 e.